The second-order valence-corrected chi connectivity index (χ2v) is 7.49. The lowest BCUT2D eigenvalue weighted by molar-refractivity contribution is -0.121. The highest BCUT2D eigenvalue weighted by atomic mass is 19.1. The van der Waals surface area contributed by atoms with Gasteiger partial charge in [-0.3, -0.25) is 9.59 Å². The molecule has 2 amide bonds. The van der Waals surface area contributed by atoms with E-state index in [-0.39, 0.29) is 42.6 Å². The van der Waals surface area contributed by atoms with Crippen molar-refractivity contribution in [2.45, 2.75) is 32.6 Å². The van der Waals surface area contributed by atoms with Crippen LogP contribution in [0.4, 0.5) is 4.39 Å². The summed E-state index contributed by atoms with van der Waals surface area (Å²) in [5.74, 6) is -0.160. The molecule has 2 N–H and O–H groups in total. The fraction of sp³-hybridized carbons (Fsp3) is 0.364. The summed E-state index contributed by atoms with van der Waals surface area (Å²) in [6, 6.07) is 13.2. The Morgan fingerprint density at radius 2 is 1.57 bits per heavy atom. The van der Waals surface area contributed by atoms with Gasteiger partial charge in [0.05, 0.1) is 6.54 Å². The molecular formula is C22H27FN2O3. The zero-order chi connectivity index (χ0) is 20.6. The van der Waals surface area contributed by atoms with Crippen molar-refractivity contribution in [3.05, 3.63) is 65.5 Å². The van der Waals surface area contributed by atoms with Crippen LogP contribution in [-0.2, 0) is 10.2 Å². The molecule has 0 radical (unpaired) electrons. The van der Waals surface area contributed by atoms with Crippen molar-refractivity contribution in [3.63, 3.8) is 0 Å². The van der Waals surface area contributed by atoms with Gasteiger partial charge < -0.3 is 15.4 Å². The standard InChI is InChI=1S/C22H27FN2O3/c1-22(2,3)17-6-4-16(5-7-17)21(27)25-13-12-20(26)24-14-15-28-19-10-8-18(23)9-11-19/h4-11H,12-15H2,1-3H3,(H,24,26)(H,25,27). The van der Waals surface area contributed by atoms with Crippen molar-refractivity contribution >= 4 is 11.8 Å². The fourth-order valence-electron chi connectivity index (χ4n) is 2.49. The summed E-state index contributed by atoms with van der Waals surface area (Å²) in [6.45, 7) is 7.22. The number of hydrogen-bond donors (Lipinski definition) is 2. The molecule has 0 aromatic heterocycles. The molecular weight excluding hydrogens is 359 g/mol. The van der Waals surface area contributed by atoms with Crippen molar-refractivity contribution in [3.8, 4) is 5.75 Å². The molecule has 0 saturated carbocycles. The lowest BCUT2D eigenvalue weighted by Crippen LogP contribution is -2.32. The lowest BCUT2D eigenvalue weighted by atomic mass is 9.87. The summed E-state index contributed by atoms with van der Waals surface area (Å²) < 4.78 is 18.2. The molecule has 0 unspecified atom stereocenters. The van der Waals surface area contributed by atoms with Gasteiger partial charge in [0, 0.05) is 18.5 Å². The number of carbonyl (C=O) groups is 2. The van der Waals surface area contributed by atoms with Gasteiger partial charge in [-0.25, -0.2) is 4.39 Å². The smallest absolute Gasteiger partial charge is 0.251 e. The first-order valence-electron chi connectivity index (χ1n) is 9.29. The zero-order valence-electron chi connectivity index (χ0n) is 16.5. The van der Waals surface area contributed by atoms with E-state index in [0.717, 1.165) is 5.56 Å². The van der Waals surface area contributed by atoms with E-state index < -0.39 is 0 Å². The van der Waals surface area contributed by atoms with Crippen LogP contribution in [0.5, 0.6) is 5.75 Å². The predicted molar refractivity (Wildman–Crippen MR) is 107 cm³/mol. The second-order valence-electron chi connectivity index (χ2n) is 7.49. The van der Waals surface area contributed by atoms with E-state index in [1.165, 1.54) is 24.3 Å². The van der Waals surface area contributed by atoms with E-state index in [1.807, 2.05) is 12.1 Å². The SMILES string of the molecule is CC(C)(C)c1ccc(C(=O)NCCC(=O)NCCOc2ccc(F)cc2)cc1. The monoisotopic (exact) mass is 386 g/mol. The van der Waals surface area contributed by atoms with E-state index in [9.17, 15) is 14.0 Å². The molecule has 0 aliphatic rings. The van der Waals surface area contributed by atoms with Crippen LogP contribution in [0.25, 0.3) is 0 Å². The normalized spacial score (nSPS) is 11.0. The third-order valence-corrected chi connectivity index (χ3v) is 4.16. The van der Waals surface area contributed by atoms with Gasteiger partial charge in [0.15, 0.2) is 0 Å². The van der Waals surface area contributed by atoms with Gasteiger partial charge in [0.25, 0.3) is 5.91 Å². The van der Waals surface area contributed by atoms with E-state index in [1.54, 1.807) is 12.1 Å². The van der Waals surface area contributed by atoms with Crippen LogP contribution in [0.3, 0.4) is 0 Å². The molecule has 2 rings (SSSR count). The minimum atomic E-state index is -0.326. The molecule has 0 aliphatic heterocycles. The van der Waals surface area contributed by atoms with Crippen molar-refractivity contribution in [2.24, 2.45) is 0 Å². The highest BCUT2D eigenvalue weighted by molar-refractivity contribution is 5.94. The molecule has 0 heterocycles. The number of amides is 2. The first kappa shape index (κ1) is 21.4. The molecule has 0 atom stereocenters. The maximum atomic E-state index is 12.8. The average molecular weight is 386 g/mol. The molecule has 0 spiro atoms. The molecule has 5 nitrogen and oxygen atoms in total. The molecule has 0 aliphatic carbocycles. The van der Waals surface area contributed by atoms with Gasteiger partial charge >= 0.3 is 0 Å². The first-order valence-corrected chi connectivity index (χ1v) is 9.29. The minimum Gasteiger partial charge on any atom is -0.492 e. The summed E-state index contributed by atoms with van der Waals surface area (Å²) in [5, 5.41) is 5.46. The Hall–Kier alpha value is -2.89. The number of benzene rings is 2. The third-order valence-electron chi connectivity index (χ3n) is 4.16. The molecule has 0 bridgehead atoms. The largest absolute Gasteiger partial charge is 0.492 e. The van der Waals surface area contributed by atoms with Crippen LogP contribution in [0.2, 0.25) is 0 Å². The van der Waals surface area contributed by atoms with Gasteiger partial charge in [-0.1, -0.05) is 32.9 Å². The van der Waals surface area contributed by atoms with Crippen LogP contribution >= 0.6 is 0 Å². The molecule has 0 fully saturated rings. The number of hydrogen-bond acceptors (Lipinski definition) is 3. The zero-order valence-corrected chi connectivity index (χ0v) is 16.5. The number of halogens is 1. The molecule has 28 heavy (non-hydrogen) atoms. The van der Waals surface area contributed by atoms with E-state index in [4.69, 9.17) is 4.74 Å². The summed E-state index contributed by atoms with van der Waals surface area (Å²) in [7, 11) is 0. The Morgan fingerprint density at radius 1 is 0.929 bits per heavy atom. The van der Waals surface area contributed by atoms with Crippen molar-refractivity contribution in [2.75, 3.05) is 19.7 Å². The maximum Gasteiger partial charge on any atom is 0.251 e. The Morgan fingerprint density at radius 3 is 2.18 bits per heavy atom. The number of rotatable bonds is 8. The third kappa shape index (κ3) is 7.02. The van der Waals surface area contributed by atoms with Gasteiger partial charge in [-0.2, -0.15) is 0 Å². The van der Waals surface area contributed by atoms with E-state index in [0.29, 0.717) is 17.9 Å². The quantitative estimate of drug-likeness (QED) is 0.683. The van der Waals surface area contributed by atoms with Crippen molar-refractivity contribution < 1.29 is 18.7 Å². The Bertz CT molecular complexity index is 781. The highest BCUT2D eigenvalue weighted by Crippen LogP contribution is 2.22. The summed E-state index contributed by atoms with van der Waals surface area (Å²) >= 11 is 0. The summed E-state index contributed by atoms with van der Waals surface area (Å²) in [5.41, 5.74) is 1.76. The van der Waals surface area contributed by atoms with Gasteiger partial charge in [-0.15, -0.1) is 0 Å². The molecule has 2 aromatic carbocycles. The Balaban J connectivity index is 1.63. The van der Waals surface area contributed by atoms with Gasteiger partial charge in [0.2, 0.25) is 5.91 Å². The van der Waals surface area contributed by atoms with Crippen LogP contribution in [-0.4, -0.2) is 31.5 Å². The molecule has 2 aromatic rings. The van der Waals surface area contributed by atoms with E-state index >= 15 is 0 Å². The maximum absolute atomic E-state index is 12.8. The van der Waals surface area contributed by atoms with Gasteiger partial charge in [-0.05, 0) is 47.4 Å². The Kier molecular flexibility index (Phi) is 7.55. The van der Waals surface area contributed by atoms with Crippen molar-refractivity contribution in [1.82, 2.24) is 10.6 Å². The number of carbonyl (C=O) groups excluding carboxylic acids is 2. The van der Waals surface area contributed by atoms with E-state index in [2.05, 4.69) is 31.4 Å². The fourth-order valence-corrected chi connectivity index (χ4v) is 2.49. The Labute approximate surface area is 165 Å². The van der Waals surface area contributed by atoms with Crippen LogP contribution in [0, 0.1) is 5.82 Å². The summed E-state index contributed by atoms with van der Waals surface area (Å²) in [6.07, 6.45) is 0.183. The number of nitrogens with one attached hydrogen (secondary N) is 2. The predicted octanol–water partition coefficient (Wildman–Crippen LogP) is 3.44. The summed E-state index contributed by atoms with van der Waals surface area (Å²) in [4.78, 5) is 23.9. The topological polar surface area (TPSA) is 67.4 Å². The molecule has 6 heteroatoms. The average Bonchev–Trinajstić information content (AvgIpc) is 2.66. The van der Waals surface area contributed by atoms with Gasteiger partial charge in [0.1, 0.15) is 18.2 Å². The highest BCUT2D eigenvalue weighted by Gasteiger charge is 2.14. The van der Waals surface area contributed by atoms with Crippen molar-refractivity contribution in [1.29, 1.82) is 0 Å². The van der Waals surface area contributed by atoms with Crippen LogP contribution in [0.15, 0.2) is 48.5 Å². The lowest BCUT2D eigenvalue weighted by Gasteiger charge is -2.19. The van der Waals surface area contributed by atoms with Crippen LogP contribution in [0.1, 0.15) is 43.1 Å². The molecule has 0 saturated heterocycles. The second kappa shape index (κ2) is 9.88. The van der Waals surface area contributed by atoms with Crippen LogP contribution < -0.4 is 15.4 Å². The first-order chi connectivity index (χ1) is 13.3. The number of ether oxygens (including phenoxy) is 1. The minimum absolute atomic E-state index is 0.0352. The molecule has 150 valence electrons.